The molecule has 1 fully saturated rings. The number of benzene rings is 3. The van der Waals surface area contributed by atoms with E-state index in [1.54, 1.807) is 55.5 Å². The molecule has 1 aliphatic rings. The molecule has 2 heterocycles. The molecule has 0 spiro atoms. The summed E-state index contributed by atoms with van der Waals surface area (Å²) < 4.78 is 6.53. The third-order valence-electron chi connectivity index (χ3n) is 6.27. The van der Waals surface area contributed by atoms with Gasteiger partial charge in [-0.2, -0.15) is 9.78 Å². The number of nitrogens with zero attached hydrogens (tertiary/aromatic N) is 5. The minimum absolute atomic E-state index is 0.0882. The molecular formula is C26H23N5O5. The van der Waals surface area contributed by atoms with Gasteiger partial charge in [0.05, 0.1) is 34.9 Å². The zero-order chi connectivity index (χ0) is 25.2. The molecular weight excluding hydrogens is 462 g/mol. The van der Waals surface area contributed by atoms with Crippen LogP contribution in [0, 0.1) is 10.1 Å². The van der Waals surface area contributed by atoms with Crippen molar-refractivity contribution in [3.05, 3.63) is 92.8 Å². The third-order valence-corrected chi connectivity index (χ3v) is 6.27. The largest absolute Gasteiger partial charge is 0.411 e. The van der Waals surface area contributed by atoms with Crippen LogP contribution in [-0.4, -0.2) is 51.9 Å². The number of oxime groups is 1. The summed E-state index contributed by atoms with van der Waals surface area (Å²) >= 11 is 0. The quantitative estimate of drug-likeness (QED) is 0.196. The van der Waals surface area contributed by atoms with Gasteiger partial charge in [-0.1, -0.05) is 41.6 Å². The second-order valence-electron chi connectivity index (χ2n) is 8.41. The van der Waals surface area contributed by atoms with E-state index < -0.39 is 10.5 Å². The molecule has 0 bridgehead atoms. The maximum atomic E-state index is 13.6. The van der Waals surface area contributed by atoms with Crippen LogP contribution >= 0.6 is 0 Å². The van der Waals surface area contributed by atoms with Crippen LogP contribution in [0.2, 0.25) is 0 Å². The van der Waals surface area contributed by atoms with Crippen LogP contribution in [0.1, 0.15) is 12.5 Å². The summed E-state index contributed by atoms with van der Waals surface area (Å²) in [5.74, 6) is 0. The Morgan fingerprint density at radius 3 is 2.53 bits per heavy atom. The van der Waals surface area contributed by atoms with Crippen molar-refractivity contribution in [1.82, 2.24) is 9.78 Å². The predicted octanol–water partition coefficient (Wildman–Crippen LogP) is 4.00. The van der Waals surface area contributed by atoms with Crippen LogP contribution in [-0.2, 0) is 4.74 Å². The molecule has 5 rings (SSSR count). The lowest BCUT2D eigenvalue weighted by Crippen LogP contribution is -2.36. The van der Waals surface area contributed by atoms with E-state index in [-0.39, 0.29) is 11.4 Å². The Kier molecular flexibility index (Phi) is 6.17. The average molecular weight is 486 g/mol. The van der Waals surface area contributed by atoms with Gasteiger partial charge in [0.15, 0.2) is 0 Å². The van der Waals surface area contributed by atoms with Crippen molar-refractivity contribution >= 4 is 27.9 Å². The number of hydrogen-bond acceptors (Lipinski definition) is 8. The normalized spacial score (nSPS) is 14.2. The van der Waals surface area contributed by atoms with Crippen molar-refractivity contribution in [3.63, 3.8) is 0 Å². The van der Waals surface area contributed by atoms with Crippen LogP contribution in [0.4, 0.5) is 11.4 Å². The second kappa shape index (κ2) is 9.59. The number of anilines is 1. The molecule has 0 atom stereocenters. The van der Waals surface area contributed by atoms with E-state index in [4.69, 9.17) is 4.74 Å². The van der Waals surface area contributed by atoms with Crippen LogP contribution < -0.4 is 10.5 Å². The maximum Gasteiger partial charge on any atom is 0.295 e. The van der Waals surface area contributed by atoms with Crippen molar-refractivity contribution in [2.24, 2.45) is 5.16 Å². The molecule has 0 aliphatic carbocycles. The minimum Gasteiger partial charge on any atom is -0.411 e. The van der Waals surface area contributed by atoms with E-state index in [9.17, 15) is 20.1 Å². The van der Waals surface area contributed by atoms with Gasteiger partial charge in [-0.05, 0) is 36.8 Å². The zero-order valence-electron chi connectivity index (χ0n) is 19.5. The van der Waals surface area contributed by atoms with Crippen LogP contribution in [0.25, 0.3) is 27.7 Å². The number of rotatable bonds is 5. The van der Waals surface area contributed by atoms with E-state index in [0.29, 0.717) is 59.6 Å². The highest BCUT2D eigenvalue weighted by Crippen LogP contribution is 2.31. The Bertz CT molecular complexity index is 1560. The number of morpholine rings is 1. The summed E-state index contributed by atoms with van der Waals surface area (Å²) in [6, 6.07) is 19.0. The lowest BCUT2D eigenvalue weighted by Gasteiger charge is -2.29. The Labute approximate surface area is 205 Å². The Hall–Kier alpha value is -4.57. The Morgan fingerprint density at radius 1 is 1.06 bits per heavy atom. The SMILES string of the molecule is C/C(=N\O)c1cccc(-c2nn(-c3cc(N4CCOCC4)ccc3[N+](=O)[O-])c(=O)c3ccccc23)c1. The molecule has 0 unspecified atom stereocenters. The van der Waals surface area contributed by atoms with Gasteiger partial charge in [0.2, 0.25) is 0 Å². The smallest absolute Gasteiger partial charge is 0.295 e. The lowest BCUT2D eigenvalue weighted by molar-refractivity contribution is -0.384. The van der Waals surface area contributed by atoms with Gasteiger partial charge in [0, 0.05) is 35.8 Å². The third kappa shape index (κ3) is 4.18. The molecule has 4 aromatic rings. The summed E-state index contributed by atoms with van der Waals surface area (Å²) in [4.78, 5) is 27.1. The molecule has 1 saturated heterocycles. The molecule has 0 saturated carbocycles. The molecule has 1 aromatic heterocycles. The van der Waals surface area contributed by atoms with Crippen molar-refractivity contribution in [2.45, 2.75) is 6.92 Å². The van der Waals surface area contributed by atoms with Crippen LogP contribution in [0.5, 0.6) is 0 Å². The van der Waals surface area contributed by atoms with Gasteiger partial charge >= 0.3 is 0 Å². The highest BCUT2D eigenvalue weighted by atomic mass is 16.6. The lowest BCUT2D eigenvalue weighted by atomic mass is 10.0. The number of nitro groups is 1. The number of hydrogen-bond donors (Lipinski definition) is 1. The summed E-state index contributed by atoms with van der Waals surface area (Å²) in [6.45, 7) is 4.06. The highest BCUT2D eigenvalue weighted by molar-refractivity contribution is 6.00. The van der Waals surface area contributed by atoms with E-state index in [2.05, 4.69) is 15.2 Å². The zero-order valence-corrected chi connectivity index (χ0v) is 19.5. The van der Waals surface area contributed by atoms with Crippen molar-refractivity contribution < 1.29 is 14.9 Å². The fourth-order valence-electron chi connectivity index (χ4n) is 4.37. The number of fused-ring (bicyclic) bond motifs is 1. The van der Waals surface area contributed by atoms with Gasteiger partial charge in [0.25, 0.3) is 11.2 Å². The average Bonchev–Trinajstić information content (AvgIpc) is 2.93. The van der Waals surface area contributed by atoms with Gasteiger partial charge in [-0.25, -0.2) is 0 Å². The van der Waals surface area contributed by atoms with Gasteiger partial charge < -0.3 is 14.8 Å². The topological polar surface area (TPSA) is 123 Å². The van der Waals surface area contributed by atoms with Crippen molar-refractivity contribution in [1.29, 1.82) is 0 Å². The fraction of sp³-hybridized carbons (Fsp3) is 0.192. The van der Waals surface area contributed by atoms with Crippen molar-refractivity contribution in [2.75, 3.05) is 31.2 Å². The Morgan fingerprint density at radius 2 is 1.81 bits per heavy atom. The van der Waals surface area contributed by atoms with Gasteiger partial charge in [-0.15, -0.1) is 0 Å². The molecule has 10 nitrogen and oxygen atoms in total. The molecule has 182 valence electrons. The van der Waals surface area contributed by atoms with Gasteiger partial charge in [-0.3, -0.25) is 14.9 Å². The van der Waals surface area contributed by atoms with E-state index in [1.807, 2.05) is 12.1 Å². The summed E-state index contributed by atoms with van der Waals surface area (Å²) in [6.07, 6.45) is 0. The molecule has 10 heteroatoms. The fourth-order valence-corrected chi connectivity index (χ4v) is 4.37. The summed E-state index contributed by atoms with van der Waals surface area (Å²) in [5, 5.41) is 30.1. The number of ether oxygens (including phenoxy) is 1. The van der Waals surface area contributed by atoms with Gasteiger partial charge in [0.1, 0.15) is 5.69 Å². The molecule has 1 N–H and O–H groups in total. The summed E-state index contributed by atoms with van der Waals surface area (Å²) in [7, 11) is 0. The molecule has 0 radical (unpaired) electrons. The standard InChI is InChI=1S/C26H23N5O5/c1-17(28-33)18-5-4-6-19(15-18)25-21-7-2-3-8-22(21)26(32)30(27-25)24-16-20(9-10-23(24)31(34)35)29-11-13-36-14-12-29/h2-10,15-16,33H,11-14H2,1H3/b28-17+. The van der Waals surface area contributed by atoms with E-state index >= 15 is 0 Å². The number of nitro benzene ring substituents is 1. The molecule has 3 aromatic carbocycles. The summed E-state index contributed by atoms with van der Waals surface area (Å²) in [5.41, 5.74) is 2.41. The van der Waals surface area contributed by atoms with Crippen LogP contribution in [0.3, 0.4) is 0 Å². The number of aromatic nitrogens is 2. The van der Waals surface area contributed by atoms with Crippen molar-refractivity contribution in [3.8, 4) is 16.9 Å². The molecule has 36 heavy (non-hydrogen) atoms. The second-order valence-corrected chi connectivity index (χ2v) is 8.41. The molecule has 1 aliphatic heterocycles. The first-order valence-corrected chi connectivity index (χ1v) is 11.4. The minimum atomic E-state index is -0.511. The monoisotopic (exact) mass is 485 g/mol. The first-order valence-electron chi connectivity index (χ1n) is 11.4. The molecule has 0 amide bonds. The highest BCUT2D eigenvalue weighted by Gasteiger charge is 2.23. The van der Waals surface area contributed by atoms with Crippen LogP contribution in [0.15, 0.2) is 76.7 Å². The first kappa shape index (κ1) is 23.2. The van der Waals surface area contributed by atoms with E-state index in [1.165, 1.54) is 6.07 Å². The Balaban J connectivity index is 1.77. The first-order chi connectivity index (χ1) is 17.5. The predicted molar refractivity (Wildman–Crippen MR) is 136 cm³/mol. The van der Waals surface area contributed by atoms with E-state index in [0.717, 1.165) is 10.4 Å². The maximum absolute atomic E-state index is 13.6.